The largest absolute Gasteiger partial charge is 0.453 e. The van der Waals surface area contributed by atoms with Crippen LogP contribution in [0.1, 0.15) is 25.3 Å². The molecule has 0 saturated carbocycles. The van der Waals surface area contributed by atoms with Crippen LogP contribution in [0.2, 0.25) is 5.02 Å². The van der Waals surface area contributed by atoms with Crippen molar-refractivity contribution in [3.63, 3.8) is 0 Å². The zero-order valence-corrected chi connectivity index (χ0v) is 12.0. The fraction of sp³-hybridized carbons (Fsp3) is 0.200. The SMILES string of the molecule is CC(C)c1c(N)ncnc1-c1cc2cccc(Cl)c2o1. The Bertz CT molecular complexity index is 780. The Hall–Kier alpha value is -2.07. The number of para-hydroxylation sites is 1. The van der Waals surface area contributed by atoms with E-state index in [9.17, 15) is 0 Å². The number of furan rings is 1. The summed E-state index contributed by atoms with van der Waals surface area (Å²) in [6.45, 7) is 4.10. The number of nitrogen functional groups attached to an aromatic ring is 1. The summed E-state index contributed by atoms with van der Waals surface area (Å²) in [5, 5.41) is 1.53. The van der Waals surface area contributed by atoms with Crippen LogP contribution in [0.4, 0.5) is 5.82 Å². The quantitative estimate of drug-likeness (QED) is 0.765. The number of anilines is 1. The molecule has 20 heavy (non-hydrogen) atoms. The van der Waals surface area contributed by atoms with Crippen molar-refractivity contribution in [2.24, 2.45) is 0 Å². The monoisotopic (exact) mass is 287 g/mol. The van der Waals surface area contributed by atoms with Crippen molar-refractivity contribution in [1.29, 1.82) is 0 Å². The molecule has 3 rings (SSSR count). The molecule has 0 aliphatic carbocycles. The normalized spacial score (nSPS) is 11.4. The van der Waals surface area contributed by atoms with Crippen molar-refractivity contribution in [2.75, 3.05) is 5.73 Å². The van der Waals surface area contributed by atoms with E-state index < -0.39 is 0 Å². The minimum atomic E-state index is 0.204. The van der Waals surface area contributed by atoms with Crippen LogP contribution in [0.5, 0.6) is 0 Å². The summed E-state index contributed by atoms with van der Waals surface area (Å²) in [4.78, 5) is 8.38. The van der Waals surface area contributed by atoms with Crippen molar-refractivity contribution >= 4 is 28.4 Å². The van der Waals surface area contributed by atoms with Crippen LogP contribution in [-0.2, 0) is 0 Å². The predicted molar refractivity (Wildman–Crippen MR) is 80.8 cm³/mol. The van der Waals surface area contributed by atoms with E-state index in [0.717, 1.165) is 16.6 Å². The van der Waals surface area contributed by atoms with Crippen molar-refractivity contribution in [2.45, 2.75) is 19.8 Å². The van der Waals surface area contributed by atoms with Crippen LogP contribution in [-0.4, -0.2) is 9.97 Å². The first-order chi connectivity index (χ1) is 9.58. The van der Waals surface area contributed by atoms with Gasteiger partial charge in [0, 0.05) is 10.9 Å². The number of aromatic nitrogens is 2. The highest BCUT2D eigenvalue weighted by atomic mass is 35.5. The molecule has 0 aliphatic rings. The van der Waals surface area contributed by atoms with E-state index in [4.69, 9.17) is 21.8 Å². The van der Waals surface area contributed by atoms with Gasteiger partial charge in [-0.05, 0) is 18.1 Å². The second-order valence-corrected chi connectivity index (χ2v) is 5.35. The van der Waals surface area contributed by atoms with Crippen LogP contribution in [0.25, 0.3) is 22.4 Å². The lowest BCUT2D eigenvalue weighted by molar-refractivity contribution is 0.626. The molecule has 3 aromatic rings. The van der Waals surface area contributed by atoms with Gasteiger partial charge in [-0.1, -0.05) is 37.6 Å². The first-order valence-corrected chi connectivity index (χ1v) is 6.74. The molecule has 0 fully saturated rings. The van der Waals surface area contributed by atoms with Crippen LogP contribution < -0.4 is 5.73 Å². The summed E-state index contributed by atoms with van der Waals surface area (Å²) in [5.74, 6) is 1.34. The summed E-state index contributed by atoms with van der Waals surface area (Å²) < 4.78 is 5.85. The molecule has 1 aromatic carbocycles. The molecule has 0 bridgehead atoms. The van der Waals surface area contributed by atoms with Gasteiger partial charge in [-0.2, -0.15) is 0 Å². The van der Waals surface area contributed by atoms with Gasteiger partial charge in [-0.15, -0.1) is 0 Å². The Kier molecular flexibility index (Phi) is 3.10. The summed E-state index contributed by atoms with van der Waals surface area (Å²) in [5.41, 5.74) is 8.24. The van der Waals surface area contributed by atoms with Crippen molar-refractivity contribution in [1.82, 2.24) is 9.97 Å². The average molecular weight is 288 g/mol. The van der Waals surface area contributed by atoms with Crippen LogP contribution >= 0.6 is 11.6 Å². The lowest BCUT2D eigenvalue weighted by Crippen LogP contribution is -2.03. The molecular formula is C15H14ClN3O. The molecule has 0 atom stereocenters. The van der Waals surface area contributed by atoms with E-state index in [2.05, 4.69) is 9.97 Å². The first-order valence-electron chi connectivity index (χ1n) is 6.36. The number of hydrogen-bond acceptors (Lipinski definition) is 4. The van der Waals surface area contributed by atoms with Gasteiger partial charge in [0.15, 0.2) is 11.3 Å². The Balaban J connectivity index is 2.26. The third-order valence-corrected chi connectivity index (χ3v) is 3.52. The number of halogens is 1. The number of nitrogens with zero attached hydrogens (tertiary/aromatic N) is 2. The second kappa shape index (κ2) is 4.80. The Morgan fingerprint density at radius 3 is 2.75 bits per heavy atom. The molecule has 0 aliphatic heterocycles. The number of fused-ring (bicyclic) bond motifs is 1. The molecule has 0 unspecified atom stereocenters. The minimum absolute atomic E-state index is 0.204. The molecule has 0 saturated heterocycles. The third kappa shape index (κ3) is 2.02. The molecule has 4 nitrogen and oxygen atoms in total. The molecule has 2 aromatic heterocycles. The molecule has 5 heteroatoms. The van der Waals surface area contributed by atoms with Gasteiger partial charge < -0.3 is 10.2 Å². The Morgan fingerprint density at radius 2 is 2.05 bits per heavy atom. The fourth-order valence-electron chi connectivity index (χ4n) is 2.32. The second-order valence-electron chi connectivity index (χ2n) is 4.94. The Morgan fingerprint density at radius 1 is 1.25 bits per heavy atom. The van der Waals surface area contributed by atoms with E-state index in [1.807, 2.05) is 32.0 Å². The maximum atomic E-state index is 6.14. The zero-order valence-electron chi connectivity index (χ0n) is 11.2. The molecular weight excluding hydrogens is 274 g/mol. The highest BCUT2D eigenvalue weighted by Gasteiger charge is 2.18. The van der Waals surface area contributed by atoms with E-state index >= 15 is 0 Å². The highest BCUT2D eigenvalue weighted by Crippen LogP contribution is 2.35. The number of nitrogens with two attached hydrogens (primary N) is 1. The van der Waals surface area contributed by atoms with Gasteiger partial charge in [0.2, 0.25) is 0 Å². The smallest absolute Gasteiger partial charge is 0.154 e. The van der Waals surface area contributed by atoms with E-state index in [0.29, 0.717) is 22.2 Å². The van der Waals surface area contributed by atoms with Gasteiger partial charge in [0.05, 0.1) is 5.02 Å². The van der Waals surface area contributed by atoms with Gasteiger partial charge >= 0.3 is 0 Å². The summed E-state index contributed by atoms with van der Waals surface area (Å²) in [6, 6.07) is 7.57. The van der Waals surface area contributed by atoms with Gasteiger partial charge in [-0.25, -0.2) is 9.97 Å². The van der Waals surface area contributed by atoms with Crippen molar-refractivity contribution < 1.29 is 4.42 Å². The van der Waals surface area contributed by atoms with E-state index in [1.165, 1.54) is 6.33 Å². The standard InChI is InChI=1S/C15H14ClN3O/c1-8(2)12-13(18-7-19-15(12)17)11-6-9-4-3-5-10(16)14(9)20-11/h3-8H,1-2H3,(H2,17,18,19). The molecule has 2 N–H and O–H groups in total. The molecule has 0 spiro atoms. The van der Waals surface area contributed by atoms with E-state index in [-0.39, 0.29) is 5.92 Å². The van der Waals surface area contributed by atoms with Crippen LogP contribution in [0, 0.1) is 0 Å². The van der Waals surface area contributed by atoms with E-state index in [1.54, 1.807) is 6.07 Å². The van der Waals surface area contributed by atoms with Gasteiger partial charge in [0.1, 0.15) is 17.8 Å². The Labute approximate surface area is 121 Å². The number of hydrogen-bond donors (Lipinski definition) is 1. The third-order valence-electron chi connectivity index (χ3n) is 3.22. The molecule has 0 amide bonds. The molecule has 0 radical (unpaired) electrons. The number of benzene rings is 1. The summed E-state index contributed by atoms with van der Waals surface area (Å²) >= 11 is 6.14. The van der Waals surface area contributed by atoms with Crippen LogP contribution in [0.3, 0.4) is 0 Å². The summed E-state index contributed by atoms with van der Waals surface area (Å²) in [6.07, 6.45) is 1.45. The van der Waals surface area contributed by atoms with Crippen molar-refractivity contribution in [3.05, 3.63) is 41.2 Å². The van der Waals surface area contributed by atoms with Crippen molar-refractivity contribution in [3.8, 4) is 11.5 Å². The summed E-state index contributed by atoms with van der Waals surface area (Å²) in [7, 11) is 0. The lowest BCUT2D eigenvalue weighted by atomic mass is 10.0. The first kappa shape index (κ1) is 12.9. The van der Waals surface area contributed by atoms with Crippen LogP contribution in [0.15, 0.2) is 35.0 Å². The fourth-order valence-corrected chi connectivity index (χ4v) is 2.54. The molecule has 2 heterocycles. The number of rotatable bonds is 2. The lowest BCUT2D eigenvalue weighted by Gasteiger charge is -2.11. The zero-order chi connectivity index (χ0) is 14.3. The topological polar surface area (TPSA) is 64.9 Å². The maximum Gasteiger partial charge on any atom is 0.154 e. The minimum Gasteiger partial charge on any atom is -0.453 e. The maximum absolute atomic E-state index is 6.14. The average Bonchev–Trinajstić information content (AvgIpc) is 2.83. The van der Waals surface area contributed by atoms with Gasteiger partial charge in [-0.3, -0.25) is 0 Å². The molecule has 102 valence electrons. The van der Waals surface area contributed by atoms with Gasteiger partial charge in [0.25, 0.3) is 0 Å². The predicted octanol–water partition coefficient (Wildman–Crippen LogP) is 4.25. The highest BCUT2D eigenvalue weighted by molar-refractivity contribution is 6.34.